The van der Waals surface area contributed by atoms with Gasteiger partial charge in [-0.2, -0.15) is 0 Å². The SMILES string of the molecule is CC(C)(C)c1csc(-c2ccccc2C(=O)NCC23CCC(C(=O)N[C@H](C(=O)N4CCCC4)c4ccccc4)(CC2)CC3)n1. The molecule has 3 saturated carbocycles. The van der Waals surface area contributed by atoms with Crippen molar-refractivity contribution in [1.29, 1.82) is 0 Å². The van der Waals surface area contributed by atoms with E-state index in [-0.39, 0.29) is 28.6 Å². The largest absolute Gasteiger partial charge is 0.351 e. The molecule has 7 nitrogen and oxygen atoms in total. The van der Waals surface area contributed by atoms with Crippen molar-refractivity contribution in [3.05, 3.63) is 76.8 Å². The molecule has 4 aliphatic rings. The second-order valence-corrected chi connectivity index (χ2v) is 15.0. The Morgan fingerprint density at radius 2 is 1.55 bits per heavy atom. The molecule has 1 atom stereocenters. The Bertz CT molecular complexity index is 1490. The number of nitrogens with zero attached hydrogens (tertiary/aromatic N) is 2. The molecule has 2 heterocycles. The first-order chi connectivity index (χ1) is 21.1. The zero-order valence-corrected chi connectivity index (χ0v) is 27.0. The fraction of sp³-hybridized carbons (Fsp3) is 0.500. The summed E-state index contributed by atoms with van der Waals surface area (Å²) >= 11 is 1.58. The number of amides is 3. The van der Waals surface area contributed by atoms with Crippen LogP contribution in [0.25, 0.3) is 10.6 Å². The molecule has 44 heavy (non-hydrogen) atoms. The highest BCUT2D eigenvalue weighted by atomic mass is 32.1. The number of benzene rings is 2. The fourth-order valence-electron chi connectivity index (χ4n) is 7.18. The van der Waals surface area contributed by atoms with Gasteiger partial charge in [0.15, 0.2) is 0 Å². The van der Waals surface area contributed by atoms with E-state index < -0.39 is 11.5 Å². The van der Waals surface area contributed by atoms with Crippen LogP contribution in [0.1, 0.15) is 99.8 Å². The quantitative estimate of drug-likeness (QED) is 0.298. The predicted octanol–water partition coefficient (Wildman–Crippen LogP) is 6.66. The number of carbonyl (C=O) groups excluding carboxylic acids is 3. The van der Waals surface area contributed by atoms with Crippen LogP contribution in [0, 0.1) is 10.8 Å². The second kappa shape index (κ2) is 12.1. The van der Waals surface area contributed by atoms with Crippen LogP contribution in [0.5, 0.6) is 0 Å². The third kappa shape index (κ3) is 6.06. The minimum absolute atomic E-state index is 0.00256. The molecule has 3 amide bonds. The van der Waals surface area contributed by atoms with Crippen molar-refractivity contribution in [3.63, 3.8) is 0 Å². The summed E-state index contributed by atoms with van der Waals surface area (Å²) in [6.07, 6.45) is 7.02. The van der Waals surface area contributed by atoms with Crippen LogP contribution < -0.4 is 10.6 Å². The monoisotopic (exact) mass is 612 g/mol. The van der Waals surface area contributed by atoms with Crippen molar-refractivity contribution in [3.8, 4) is 10.6 Å². The smallest absolute Gasteiger partial charge is 0.252 e. The molecule has 2 aromatic carbocycles. The van der Waals surface area contributed by atoms with Crippen LogP contribution in [-0.2, 0) is 15.0 Å². The summed E-state index contributed by atoms with van der Waals surface area (Å²) in [6.45, 7) is 8.54. The third-order valence-electron chi connectivity index (χ3n) is 10.3. The summed E-state index contributed by atoms with van der Waals surface area (Å²) in [4.78, 5) is 47.7. The molecule has 8 heteroatoms. The van der Waals surface area contributed by atoms with E-state index in [0.717, 1.165) is 86.3 Å². The van der Waals surface area contributed by atoms with Gasteiger partial charge < -0.3 is 15.5 Å². The average molecular weight is 613 g/mol. The van der Waals surface area contributed by atoms with Crippen molar-refractivity contribution in [1.82, 2.24) is 20.5 Å². The van der Waals surface area contributed by atoms with Gasteiger partial charge in [-0.1, -0.05) is 69.3 Å². The molecule has 1 aliphatic heterocycles. The van der Waals surface area contributed by atoms with E-state index in [1.807, 2.05) is 59.5 Å². The second-order valence-electron chi connectivity index (χ2n) is 14.1. The fourth-order valence-corrected chi connectivity index (χ4v) is 8.26. The number of aromatic nitrogens is 1. The highest BCUT2D eigenvalue weighted by molar-refractivity contribution is 7.13. The number of carbonyl (C=O) groups is 3. The highest BCUT2D eigenvalue weighted by Crippen LogP contribution is 2.57. The summed E-state index contributed by atoms with van der Waals surface area (Å²) in [5.74, 6) is -0.0770. The van der Waals surface area contributed by atoms with E-state index in [2.05, 4.69) is 36.8 Å². The Balaban J connectivity index is 1.10. The van der Waals surface area contributed by atoms with Gasteiger partial charge in [-0.15, -0.1) is 11.3 Å². The molecular weight excluding hydrogens is 568 g/mol. The van der Waals surface area contributed by atoms with Gasteiger partial charge in [-0.05, 0) is 68.4 Å². The van der Waals surface area contributed by atoms with Gasteiger partial charge in [0.25, 0.3) is 5.91 Å². The first-order valence-electron chi connectivity index (χ1n) is 16.1. The lowest BCUT2D eigenvalue weighted by molar-refractivity contribution is -0.145. The van der Waals surface area contributed by atoms with Crippen LogP contribution >= 0.6 is 11.3 Å². The van der Waals surface area contributed by atoms with Crippen molar-refractivity contribution in [2.45, 2.75) is 83.6 Å². The first-order valence-corrected chi connectivity index (χ1v) is 17.0. The Labute approximate surface area is 264 Å². The van der Waals surface area contributed by atoms with Gasteiger partial charge in [0.2, 0.25) is 11.8 Å². The number of likely N-dealkylation sites (tertiary alicyclic amines) is 1. The summed E-state index contributed by atoms with van der Waals surface area (Å²) in [6, 6.07) is 16.7. The molecule has 0 radical (unpaired) electrons. The maximum absolute atomic E-state index is 13.9. The summed E-state index contributed by atoms with van der Waals surface area (Å²) in [5, 5.41) is 9.42. The molecule has 0 unspecified atom stereocenters. The normalized spacial score (nSPS) is 23.8. The molecule has 1 aromatic heterocycles. The van der Waals surface area contributed by atoms with Crippen molar-refractivity contribution >= 4 is 29.1 Å². The Morgan fingerprint density at radius 1 is 0.909 bits per heavy atom. The third-order valence-corrected chi connectivity index (χ3v) is 11.1. The topological polar surface area (TPSA) is 91.4 Å². The van der Waals surface area contributed by atoms with Crippen molar-refractivity contribution in [2.24, 2.45) is 10.8 Å². The lowest BCUT2D eigenvalue weighted by Gasteiger charge is -2.52. The molecule has 3 aliphatic carbocycles. The number of hydrogen-bond acceptors (Lipinski definition) is 5. The summed E-state index contributed by atoms with van der Waals surface area (Å²) in [5.41, 5.74) is 2.87. The van der Waals surface area contributed by atoms with E-state index in [1.165, 1.54) is 0 Å². The maximum Gasteiger partial charge on any atom is 0.252 e. The van der Waals surface area contributed by atoms with Crippen molar-refractivity contribution in [2.75, 3.05) is 19.6 Å². The standard InChI is InChI=1S/C36H44N4O3S/c1-34(2,3)28-23-44-31(38-28)27-14-8-7-13-26(27)30(41)37-24-35-15-18-36(19-16-35,20-17-35)33(43)39-29(25-11-5-4-6-12-25)32(42)40-21-9-10-22-40/h4-8,11-14,23,29H,9-10,15-22,24H2,1-3H3,(H,37,41)(H,39,43)/t29-,35?,36?/m0/s1. The van der Waals surface area contributed by atoms with E-state index in [1.54, 1.807) is 11.3 Å². The summed E-state index contributed by atoms with van der Waals surface area (Å²) in [7, 11) is 0. The first kappa shape index (κ1) is 30.5. The summed E-state index contributed by atoms with van der Waals surface area (Å²) < 4.78 is 0. The van der Waals surface area contributed by atoms with Gasteiger partial charge in [0, 0.05) is 47.0 Å². The molecule has 0 spiro atoms. The Morgan fingerprint density at radius 3 is 2.18 bits per heavy atom. The number of hydrogen-bond donors (Lipinski definition) is 2. The van der Waals surface area contributed by atoms with E-state index in [0.29, 0.717) is 12.1 Å². The van der Waals surface area contributed by atoms with Gasteiger partial charge >= 0.3 is 0 Å². The zero-order valence-electron chi connectivity index (χ0n) is 26.2. The number of thiazole rings is 1. The molecule has 232 valence electrons. The predicted molar refractivity (Wildman–Crippen MR) is 174 cm³/mol. The number of fused-ring (bicyclic) bond motifs is 3. The van der Waals surface area contributed by atoms with Crippen LogP contribution in [0.3, 0.4) is 0 Å². The minimum atomic E-state index is -0.651. The van der Waals surface area contributed by atoms with Crippen molar-refractivity contribution < 1.29 is 14.4 Å². The molecular formula is C36H44N4O3S. The average Bonchev–Trinajstić information content (AvgIpc) is 3.77. The zero-order chi connectivity index (χ0) is 31.0. The maximum atomic E-state index is 13.9. The van der Waals surface area contributed by atoms with Crippen LogP contribution in [-0.4, -0.2) is 47.2 Å². The Hall–Kier alpha value is -3.52. The number of rotatable bonds is 8. The lowest BCUT2D eigenvalue weighted by Crippen LogP contribution is -2.54. The molecule has 2 N–H and O–H groups in total. The molecule has 1 saturated heterocycles. The molecule has 2 bridgehead atoms. The van der Waals surface area contributed by atoms with E-state index in [4.69, 9.17) is 4.98 Å². The minimum Gasteiger partial charge on any atom is -0.351 e. The van der Waals surface area contributed by atoms with Gasteiger partial charge in [-0.3, -0.25) is 14.4 Å². The molecule has 7 rings (SSSR count). The molecule has 3 aromatic rings. The Kier molecular flexibility index (Phi) is 8.40. The van der Waals surface area contributed by atoms with Gasteiger partial charge in [0.05, 0.1) is 5.69 Å². The number of nitrogens with one attached hydrogen (secondary N) is 2. The van der Waals surface area contributed by atoms with E-state index >= 15 is 0 Å². The highest BCUT2D eigenvalue weighted by Gasteiger charge is 2.53. The van der Waals surface area contributed by atoms with Gasteiger partial charge in [0.1, 0.15) is 11.0 Å². The van der Waals surface area contributed by atoms with Crippen LogP contribution in [0.2, 0.25) is 0 Å². The molecule has 4 fully saturated rings. The van der Waals surface area contributed by atoms with E-state index in [9.17, 15) is 14.4 Å². The van der Waals surface area contributed by atoms with Crippen LogP contribution in [0.4, 0.5) is 0 Å². The van der Waals surface area contributed by atoms with Crippen LogP contribution in [0.15, 0.2) is 60.0 Å². The van der Waals surface area contributed by atoms with Gasteiger partial charge in [-0.25, -0.2) is 4.98 Å². The lowest BCUT2D eigenvalue weighted by atomic mass is 9.53.